The molecule has 5 nitrogen and oxygen atoms in total. The summed E-state index contributed by atoms with van der Waals surface area (Å²) in [4.78, 5) is 7.10. The molecule has 1 heterocycles. The molecule has 0 fully saturated rings. The number of fused-ring (bicyclic) bond motifs is 1. The first kappa shape index (κ1) is 10.6. The molecule has 0 aliphatic rings. The number of imidazole rings is 1. The Balaban J connectivity index is 2.51. The standard InChI is InChI=1S/C11H15N3O2/c1-3-15-9-5-7-8(14-11(12)13-7)6-10(9)16-4-2/h5-6H,3-4H2,1-2H3,(H3,12,13,14). The van der Waals surface area contributed by atoms with Gasteiger partial charge in [0.2, 0.25) is 0 Å². The van der Waals surface area contributed by atoms with Gasteiger partial charge in [0.15, 0.2) is 17.4 Å². The first-order chi connectivity index (χ1) is 7.74. The maximum absolute atomic E-state index is 5.59. The van der Waals surface area contributed by atoms with Crippen LogP contribution in [-0.2, 0) is 0 Å². The lowest BCUT2D eigenvalue weighted by Gasteiger charge is -2.10. The van der Waals surface area contributed by atoms with Crippen LogP contribution in [0.25, 0.3) is 11.0 Å². The summed E-state index contributed by atoms with van der Waals surface area (Å²) in [7, 11) is 0. The number of nitrogens with one attached hydrogen (secondary N) is 1. The Labute approximate surface area is 93.6 Å². The molecule has 0 aliphatic carbocycles. The number of aromatic nitrogens is 2. The highest BCUT2D eigenvalue weighted by atomic mass is 16.5. The van der Waals surface area contributed by atoms with Gasteiger partial charge >= 0.3 is 0 Å². The molecule has 0 saturated heterocycles. The molecule has 1 aromatic carbocycles. The van der Waals surface area contributed by atoms with Gasteiger partial charge in [-0.3, -0.25) is 0 Å². The minimum Gasteiger partial charge on any atom is -0.490 e. The van der Waals surface area contributed by atoms with Crippen LogP contribution in [0.5, 0.6) is 11.5 Å². The average Bonchev–Trinajstić information content (AvgIpc) is 2.58. The van der Waals surface area contributed by atoms with E-state index in [-0.39, 0.29) is 0 Å². The molecule has 16 heavy (non-hydrogen) atoms. The van der Waals surface area contributed by atoms with E-state index in [1.807, 2.05) is 26.0 Å². The third kappa shape index (κ3) is 1.88. The largest absolute Gasteiger partial charge is 0.490 e. The molecule has 2 aromatic rings. The van der Waals surface area contributed by atoms with Crippen LogP contribution in [0.15, 0.2) is 12.1 Å². The molecule has 0 aliphatic heterocycles. The van der Waals surface area contributed by atoms with Crippen molar-refractivity contribution in [3.63, 3.8) is 0 Å². The summed E-state index contributed by atoms with van der Waals surface area (Å²) >= 11 is 0. The van der Waals surface area contributed by atoms with E-state index in [0.29, 0.717) is 30.7 Å². The number of rotatable bonds is 4. The lowest BCUT2D eigenvalue weighted by molar-refractivity contribution is 0.288. The van der Waals surface area contributed by atoms with E-state index >= 15 is 0 Å². The predicted octanol–water partition coefficient (Wildman–Crippen LogP) is 1.94. The van der Waals surface area contributed by atoms with E-state index in [4.69, 9.17) is 15.2 Å². The van der Waals surface area contributed by atoms with Crippen LogP contribution in [0.2, 0.25) is 0 Å². The number of H-pyrrole nitrogens is 1. The molecule has 3 N–H and O–H groups in total. The second-order valence-electron chi connectivity index (χ2n) is 3.30. The van der Waals surface area contributed by atoms with E-state index in [9.17, 15) is 0 Å². The van der Waals surface area contributed by atoms with Crippen LogP contribution >= 0.6 is 0 Å². The van der Waals surface area contributed by atoms with Gasteiger partial charge in [-0.1, -0.05) is 0 Å². The van der Waals surface area contributed by atoms with E-state index < -0.39 is 0 Å². The van der Waals surface area contributed by atoms with Gasteiger partial charge < -0.3 is 20.2 Å². The minimum absolute atomic E-state index is 0.395. The normalized spacial score (nSPS) is 10.6. The minimum atomic E-state index is 0.395. The first-order valence-corrected chi connectivity index (χ1v) is 5.29. The van der Waals surface area contributed by atoms with Crippen molar-refractivity contribution >= 4 is 17.0 Å². The quantitative estimate of drug-likeness (QED) is 0.827. The molecule has 0 unspecified atom stereocenters. The number of ether oxygens (including phenoxy) is 2. The Kier molecular flexibility index (Phi) is 2.85. The van der Waals surface area contributed by atoms with Crippen LogP contribution in [0, 0.1) is 0 Å². The predicted molar refractivity (Wildman–Crippen MR) is 62.8 cm³/mol. The van der Waals surface area contributed by atoms with Crippen molar-refractivity contribution in [1.82, 2.24) is 9.97 Å². The SMILES string of the molecule is CCOc1cc2nc(N)[nH]c2cc1OCC. The fourth-order valence-electron chi connectivity index (χ4n) is 1.57. The smallest absolute Gasteiger partial charge is 0.198 e. The Bertz CT molecular complexity index is 450. The lowest BCUT2D eigenvalue weighted by Crippen LogP contribution is -1.98. The fraction of sp³-hybridized carbons (Fsp3) is 0.364. The second-order valence-corrected chi connectivity index (χ2v) is 3.30. The number of nitrogens with two attached hydrogens (primary N) is 1. The van der Waals surface area contributed by atoms with Crippen LogP contribution < -0.4 is 15.2 Å². The maximum Gasteiger partial charge on any atom is 0.198 e. The molecule has 1 aromatic heterocycles. The van der Waals surface area contributed by atoms with Gasteiger partial charge in [-0.25, -0.2) is 4.98 Å². The average molecular weight is 221 g/mol. The Morgan fingerprint density at radius 3 is 2.44 bits per heavy atom. The van der Waals surface area contributed by atoms with Crippen molar-refractivity contribution in [3.05, 3.63) is 12.1 Å². The van der Waals surface area contributed by atoms with E-state index in [1.165, 1.54) is 0 Å². The summed E-state index contributed by atoms with van der Waals surface area (Å²) in [5.74, 6) is 1.80. The second kappa shape index (κ2) is 4.30. The number of hydrogen-bond acceptors (Lipinski definition) is 4. The van der Waals surface area contributed by atoms with Gasteiger partial charge in [0, 0.05) is 12.1 Å². The van der Waals surface area contributed by atoms with Crippen molar-refractivity contribution in [2.24, 2.45) is 0 Å². The van der Waals surface area contributed by atoms with Gasteiger partial charge in [-0.15, -0.1) is 0 Å². The molecule has 0 bridgehead atoms. The van der Waals surface area contributed by atoms with Crippen LogP contribution in [-0.4, -0.2) is 23.2 Å². The maximum atomic E-state index is 5.59. The molecular formula is C11H15N3O2. The van der Waals surface area contributed by atoms with Crippen LogP contribution in [0.4, 0.5) is 5.95 Å². The Morgan fingerprint density at radius 2 is 1.81 bits per heavy atom. The number of nitrogens with zero attached hydrogens (tertiary/aromatic N) is 1. The zero-order chi connectivity index (χ0) is 11.5. The first-order valence-electron chi connectivity index (χ1n) is 5.29. The molecule has 2 rings (SSSR count). The zero-order valence-corrected chi connectivity index (χ0v) is 9.41. The number of nitrogen functional groups attached to an aromatic ring is 1. The van der Waals surface area contributed by atoms with Crippen molar-refractivity contribution in [2.45, 2.75) is 13.8 Å². The fourth-order valence-corrected chi connectivity index (χ4v) is 1.57. The molecule has 5 heteroatoms. The summed E-state index contributed by atoms with van der Waals surface area (Å²) in [6.07, 6.45) is 0. The molecule has 86 valence electrons. The van der Waals surface area contributed by atoms with Gasteiger partial charge in [0.25, 0.3) is 0 Å². The van der Waals surface area contributed by atoms with Crippen molar-refractivity contribution < 1.29 is 9.47 Å². The number of aromatic amines is 1. The molecule has 0 saturated carbocycles. The summed E-state index contributed by atoms with van der Waals surface area (Å²) in [6.45, 7) is 5.04. The molecular weight excluding hydrogens is 206 g/mol. The zero-order valence-electron chi connectivity index (χ0n) is 9.41. The summed E-state index contributed by atoms with van der Waals surface area (Å²) in [5.41, 5.74) is 7.22. The lowest BCUT2D eigenvalue weighted by atomic mass is 10.2. The van der Waals surface area contributed by atoms with Crippen LogP contribution in [0.3, 0.4) is 0 Å². The summed E-state index contributed by atoms with van der Waals surface area (Å²) in [6, 6.07) is 3.68. The molecule has 0 radical (unpaired) electrons. The molecule has 0 spiro atoms. The molecule has 0 amide bonds. The van der Waals surface area contributed by atoms with Crippen LogP contribution in [0.1, 0.15) is 13.8 Å². The van der Waals surface area contributed by atoms with Crippen molar-refractivity contribution in [1.29, 1.82) is 0 Å². The number of anilines is 1. The molecule has 0 atom stereocenters. The van der Waals surface area contributed by atoms with E-state index in [0.717, 1.165) is 11.0 Å². The highest BCUT2D eigenvalue weighted by Gasteiger charge is 2.09. The summed E-state index contributed by atoms with van der Waals surface area (Å²) in [5, 5.41) is 0. The Morgan fingerprint density at radius 1 is 1.19 bits per heavy atom. The topological polar surface area (TPSA) is 73.2 Å². The third-order valence-electron chi connectivity index (χ3n) is 2.17. The monoisotopic (exact) mass is 221 g/mol. The Hall–Kier alpha value is -1.91. The van der Waals surface area contributed by atoms with Crippen molar-refractivity contribution in [3.8, 4) is 11.5 Å². The highest BCUT2D eigenvalue weighted by molar-refractivity contribution is 5.81. The highest BCUT2D eigenvalue weighted by Crippen LogP contribution is 2.31. The van der Waals surface area contributed by atoms with Crippen molar-refractivity contribution in [2.75, 3.05) is 18.9 Å². The van der Waals surface area contributed by atoms with Gasteiger partial charge in [0.05, 0.1) is 24.2 Å². The number of hydrogen-bond donors (Lipinski definition) is 2. The van der Waals surface area contributed by atoms with E-state index in [2.05, 4.69) is 9.97 Å². The third-order valence-corrected chi connectivity index (χ3v) is 2.17. The number of benzene rings is 1. The van der Waals surface area contributed by atoms with E-state index in [1.54, 1.807) is 0 Å². The summed E-state index contributed by atoms with van der Waals surface area (Å²) < 4.78 is 11.0. The van der Waals surface area contributed by atoms with Gasteiger partial charge in [-0.2, -0.15) is 0 Å². The van der Waals surface area contributed by atoms with Gasteiger partial charge in [0.1, 0.15) is 0 Å². The van der Waals surface area contributed by atoms with Gasteiger partial charge in [-0.05, 0) is 13.8 Å².